The Morgan fingerprint density at radius 3 is 2.77 bits per heavy atom. The summed E-state index contributed by atoms with van der Waals surface area (Å²) < 4.78 is 7.90. The van der Waals surface area contributed by atoms with Gasteiger partial charge in [-0.05, 0) is 51.8 Å². The summed E-state index contributed by atoms with van der Waals surface area (Å²) in [5.41, 5.74) is 1.05. The SMILES string of the molecule is Cc1cn(CCCNC(=S)NCCSCc2ccc(CN(C)C)o2)cn1. The largest absolute Gasteiger partial charge is 0.464 e. The maximum atomic E-state index is 5.80. The Hall–Kier alpha value is -1.51. The van der Waals surface area contributed by atoms with Crippen molar-refractivity contribution in [2.24, 2.45) is 0 Å². The molecular weight excluding hydrogens is 366 g/mol. The molecule has 2 aromatic heterocycles. The molecule has 0 aromatic carbocycles. The van der Waals surface area contributed by atoms with Crippen LogP contribution in [0.5, 0.6) is 0 Å². The Balaban J connectivity index is 1.47. The Labute approximate surface area is 165 Å². The first kappa shape index (κ1) is 20.8. The number of rotatable bonds is 11. The molecule has 0 aliphatic carbocycles. The first-order chi connectivity index (χ1) is 12.5. The van der Waals surface area contributed by atoms with E-state index in [1.807, 2.05) is 39.1 Å². The van der Waals surface area contributed by atoms with Crippen molar-refractivity contribution in [2.45, 2.75) is 32.2 Å². The predicted octanol–water partition coefficient (Wildman–Crippen LogP) is 2.63. The van der Waals surface area contributed by atoms with Crippen molar-refractivity contribution >= 4 is 29.1 Å². The van der Waals surface area contributed by atoms with Gasteiger partial charge in [0.1, 0.15) is 11.5 Å². The molecule has 0 unspecified atom stereocenters. The Bertz CT molecular complexity index is 668. The first-order valence-corrected chi connectivity index (χ1v) is 10.4. The van der Waals surface area contributed by atoms with E-state index in [0.29, 0.717) is 0 Å². The second-order valence-corrected chi connectivity index (χ2v) is 7.96. The van der Waals surface area contributed by atoms with Gasteiger partial charge in [-0.1, -0.05) is 0 Å². The lowest BCUT2D eigenvalue weighted by molar-refractivity contribution is 0.344. The molecule has 0 aliphatic heterocycles. The molecular formula is C18H29N5OS2. The number of aromatic nitrogens is 2. The zero-order chi connectivity index (χ0) is 18.8. The average molecular weight is 396 g/mol. The fourth-order valence-electron chi connectivity index (χ4n) is 2.43. The van der Waals surface area contributed by atoms with E-state index in [0.717, 1.165) is 66.4 Å². The van der Waals surface area contributed by atoms with Crippen molar-refractivity contribution < 1.29 is 4.42 Å². The van der Waals surface area contributed by atoms with Crippen LogP contribution in [0, 0.1) is 6.92 Å². The van der Waals surface area contributed by atoms with Crippen LogP contribution in [-0.2, 0) is 18.8 Å². The molecule has 6 nitrogen and oxygen atoms in total. The molecule has 0 atom stereocenters. The Morgan fingerprint density at radius 1 is 1.27 bits per heavy atom. The molecule has 0 saturated heterocycles. The van der Waals surface area contributed by atoms with Gasteiger partial charge in [0, 0.05) is 31.6 Å². The van der Waals surface area contributed by atoms with Gasteiger partial charge < -0.3 is 24.5 Å². The first-order valence-electron chi connectivity index (χ1n) is 8.83. The lowest BCUT2D eigenvalue weighted by atomic mass is 10.4. The van der Waals surface area contributed by atoms with Gasteiger partial charge in [-0.3, -0.25) is 0 Å². The molecule has 2 aromatic rings. The molecule has 2 N–H and O–H groups in total. The van der Waals surface area contributed by atoms with Gasteiger partial charge in [0.15, 0.2) is 5.11 Å². The van der Waals surface area contributed by atoms with E-state index in [4.69, 9.17) is 16.6 Å². The summed E-state index contributed by atoms with van der Waals surface area (Å²) >= 11 is 7.14. The number of hydrogen-bond donors (Lipinski definition) is 2. The lowest BCUT2D eigenvalue weighted by Crippen LogP contribution is -2.37. The van der Waals surface area contributed by atoms with Gasteiger partial charge in [0.2, 0.25) is 0 Å². The van der Waals surface area contributed by atoms with Gasteiger partial charge in [-0.2, -0.15) is 11.8 Å². The molecule has 0 saturated carbocycles. The smallest absolute Gasteiger partial charge is 0.166 e. The number of nitrogens with one attached hydrogen (secondary N) is 2. The van der Waals surface area contributed by atoms with Crippen LogP contribution in [-0.4, -0.2) is 52.5 Å². The second kappa shape index (κ2) is 11.3. The van der Waals surface area contributed by atoms with E-state index >= 15 is 0 Å². The Morgan fingerprint density at radius 2 is 2.04 bits per heavy atom. The number of imidazole rings is 1. The molecule has 0 spiro atoms. The number of aryl methyl sites for hydroxylation is 2. The van der Waals surface area contributed by atoms with Crippen molar-refractivity contribution in [3.63, 3.8) is 0 Å². The summed E-state index contributed by atoms with van der Waals surface area (Å²) in [5.74, 6) is 3.92. The molecule has 2 rings (SSSR count). The fraction of sp³-hybridized carbons (Fsp3) is 0.556. The minimum absolute atomic E-state index is 0.721. The number of nitrogens with zero attached hydrogens (tertiary/aromatic N) is 3. The van der Waals surface area contributed by atoms with Crippen molar-refractivity contribution in [1.82, 2.24) is 25.1 Å². The predicted molar refractivity (Wildman–Crippen MR) is 112 cm³/mol. The number of hydrogen-bond acceptors (Lipinski definition) is 5. The lowest BCUT2D eigenvalue weighted by Gasteiger charge is -2.10. The van der Waals surface area contributed by atoms with Crippen molar-refractivity contribution in [3.8, 4) is 0 Å². The van der Waals surface area contributed by atoms with Crippen LogP contribution >= 0.6 is 24.0 Å². The molecule has 2 heterocycles. The van der Waals surface area contributed by atoms with Crippen LogP contribution in [0.1, 0.15) is 23.6 Å². The van der Waals surface area contributed by atoms with E-state index in [-0.39, 0.29) is 0 Å². The number of thiocarbonyl (C=S) groups is 1. The number of thioether (sulfide) groups is 1. The average Bonchev–Trinajstić information content (AvgIpc) is 3.19. The van der Waals surface area contributed by atoms with Crippen molar-refractivity contribution in [2.75, 3.05) is 32.9 Å². The van der Waals surface area contributed by atoms with E-state index in [1.165, 1.54) is 0 Å². The monoisotopic (exact) mass is 395 g/mol. The summed E-state index contributed by atoms with van der Waals surface area (Å²) in [6, 6.07) is 4.12. The summed E-state index contributed by atoms with van der Waals surface area (Å²) in [6.45, 7) is 5.50. The van der Waals surface area contributed by atoms with E-state index in [2.05, 4.69) is 43.4 Å². The highest BCUT2D eigenvalue weighted by atomic mass is 32.2. The highest BCUT2D eigenvalue weighted by Crippen LogP contribution is 2.15. The molecule has 0 radical (unpaired) electrons. The normalized spacial score (nSPS) is 11.1. The van der Waals surface area contributed by atoms with Crippen molar-refractivity contribution in [1.29, 1.82) is 0 Å². The highest BCUT2D eigenvalue weighted by Gasteiger charge is 2.03. The molecule has 144 valence electrons. The molecule has 0 fully saturated rings. The quantitative estimate of drug-likeness (QED) is 0.448. The topological polar surface area (TPSA) is 58.3 Å². The summed E-state index contributed by atoms with van der Waals surface area (Å²) in [6.07, 6.45) is 4.93. The van der Waals surface area contributed by atoms with Gasteiger partial charge >= 0.3 is 0 Å². The van der Waals surface area contributed by atoms with Crippen molar-refractivity contribution in [3.05, 3.63) is 41.9 Å². The molecule has 26 heavy (non-hydrogen) atoms. The van der Waals surface area contributed by atoms with Crippen LogP contribution in [0.15, 0.2) is 29.1 Å². The third-order valence-corrected chi connectivity index (χ3v) is 4.88. The third-order valence-electron chi connectivity index (χ3n) is 3.61. The number of furan rings is 1. The zero-order valence-electron chi connectivity index (χ0n) is 15.8. The second-order valence-electron chi connectivity index (χ2n) is 6.45. The Kier molecular flexibility index (Phi) is 9.00. The summed E-state index contributed by atoms with van der Waals surface area (Å²) in [4.78, 5) is 6.32. The highest BCUT2D eigenvalue weighted by molar-refractivity contribution is 7.98. The third kappa shape index (κ3) is 8.25. The van der Waals surface area contributed by atoms with E-state index < -0.39 is 0 Å². The summed E-state index contributed by atoms with van der Waals surface area (Å²) in [5, 5.41) is 7.21. The van der Waals surface area contributed by atoms with Crippen LogP contribution in [0.3, 0.4) is 0 Å². The molecule has 8 heteroatoms. The zero-order valence-corrected chi connectivity index (χ0v) is 17.5. The molecule has 0 bridgehead atoms. The van der Waals surface area contributed by atoms with Crippen LogP contribution in [0.4, 0.5) is 0 Å². The van der Waals surface area contributed by atoms with Crippen LogP contribution in [0.25, 0.3) is 0 Å². The maximum absolute atomic E-state index is 5.80. The molecule has 0 aliphatic rings. The van der Waals surface area contributed by atoms with Gasteiger partial charge in [-0.25, -0.2) is 4.98 Å². The standard InChI is InChI=1S/C18H29N5OS2/c1-15-11-23(14-21-15)9-4-7-19-18(25)20-8-10-26-13-17-6-5-16(24-17)12-22(2)3/h5-6,11,14H,4,7-10,12-13H2,1-3H3,(H2,19,20,25). The minimum Gasteiger partial charge on any atom is -0.464 e. The van der Waals surface area contributed by atoms with E-state index in [9.17, 15) is 0 Å². The summed E-state index contributed by atoms with van der Waals surface area (Å²) in [7, 11) is 4.08. The van der Waals surface area contributed by atoms with Crippen LogP contribution in [0.2, 0.25) is 0 Å². The van der Waals surface area contributed by atoms with Gasteiger partial charge in [0.25, 0.3) is 0 Å². The maximum Gasteiger partial charge on any atom is 0.166 e. The van der Waals surface area contributed by atoms with E-state index in [1.54, 1.807) is 0 Å². The van der Waals surface area contributed by atoms with Gasteiger partial charge in [-0.15, -0.1) is 0 Å². The fourth-order valence-corrected chi connectivity index (χ4v) is 3.38. The minimum atomic E-state index is 0.721. The van der Waals surface area contributed by atoms with Gasteiger partial charge in [0.05, 0.1) is 24.3 Å². The van der Waals surface area contributed by atoms with Crippen LogP contribution < -0.4 is 10.6 Å². The molecule has 0 amide bonds.